The number of carbonyl (C=O) groups is 1. The molecule has 1 saturated heterocycles. The summed E-state index contributed by atoms with van der Waals surface area (Å²) in [5, 5.41) is 1.42. The van der Waals surface area contributed by atoms with Crippen molar-refractivity contribution in [2.75, 3.05) is 46.9 Å². The molecule has 0 saturated carbocycles. The van der Waals surface area contributed by atoms with E-state index in [1.54, 1.807) is 49.7 Å². The number of ether oxygens (including phenoxy) is 2. The fourth-order valence-electron chi connectivity index (χ4n) is 5.23. The minimum atomic E-state index is -3.84. The summed E-state index contributed by atoms with van der Waals surface area (Å²) in [4.78, 5) is 21.0. The minimum absolute atomic E-state index is 0.233. The van der Waals surface area contributed by atoms with Crippen molar-refractivity contribution in [2.45, 2.75) is 24.0 Å². The number of pyridine rings is 1. The van der Waals surface area contributed by atoms with Gasteiger partial charge in [-0.25, -0.2) is 13.2 Å². The molecule has 1 atom stereocenters. The zero-order valence-electron chi connectivity index (χ0n) is 23.9. The van der Waals surface area contributed by atoms with Crippen LogP contribution in [0.2, 0.25) is 0 Å². The van der Waals surface area contributed by atoms with E-state index in [9.17, 15) is 13.2 Å². The van der Waals surface area contributed by atoms with Gasteiger partial charge in [-0.05, 0) is 41.8 Å². The number of carbonyl (C=O) groups excluding carboxylic acids is 1. The predicted octanol–water partition coefficient (Wildman–Crippen LogP) is 4.43. The first-order valence-corrected chi connectivity index (χ1v) is 15.4. The number of fused-ring (bicyclic) bond motifs is 1. The molecular weight excluding hydrogens is 552 g/mol. The van der Waals surface area contributed by atoms with Crippen molar-refractivity contribution in [3.8, 4) is 5.75 Å². The Morgan fingerprint density at radius 2 is 1.67 bits per heavy atom. The van der Waals surface area contributed by atoms with Crippen LogP contribution in [0.15, 0.2) is 96.2 Å². The quantitative estimate of drug-likeness (QED) is 0.271. The average Bonchev–Trinajstić information content (AvgIpc) is 3.03. The normalized spacial score (nSPS) is 15.1. The van der Waals surface area contributed by atoms with Crippen LogP contribution >= 0.6 is 0 Å². The summed E-state index contributed by atoms with van der Waals surface area (Å²) in [5.41, 5.74) is 1.95. The number of methoxy groups -OCH3 is 1. The van der Waals surface area contributed by atoms with Crippen LogP contribution in [0.5, 0.6) is 5.75 Å². The summed E-state index contributed by atoms with van der Waals surface area (Å²) in [6.07, 6.45) is 3.47. The average molecular weight is 589 g/mol. The maximum Gasteiger partial charge on any atom is 0.410 e. The van der Waals surface area contributed by atoms with E-state index in [1.165, 1.54) is 4.31 Å². The Balaban J connectivity index is 1.30. The fraction of sp³-hybridized carbons (Fsp3) is 0.312. The van der Waals surface area contributed by atoms with Gasteiger partial charge in [-0.15, -0.1) is 0 Å². The summed E-state index contributed by atoms with van der Waals surface area (Å²) < 4.78 is 40.4. The molecule has 1 aliphatic rings. The zero-order chi connectivity index (χ0) is 29.5. The van der Waals surface area contributed by atoms with E-state index in [0.717, 1.165) is 22.3 Å². The third-order valence-corrected chi connectivity index (χ3v) is 9.72. The molecule has 0 bridgehead atoms. The number of piperazine rings is 1. The first-order valence-electron chi connectivity index (χ1n) is 14.0. The van der Waals surface area contributed by atoms with Crippen molar-refractivity contribution < 1.29 is 22.7 Å². The van der Waals surface area contributed by atoms with Gasteiger partial charge < -0.3 is 14.4 Å². The summed E-state index contributed by atoms with van der Waals surface area (Å²) >= 11 is 0. The lowest BCUT2D eigenvalue weighted by atomic mass is 10.0. The number of rotatable bonds is 10. The van der Waals surface area contributed by atoms with Crippen LogP contribution in [0, 0.1) is 0 Å². The van der Waals surface area contributed by atoms with Crippen LogP contribution in [-0.4, -0.2) is 86.5 Å². The molecule has 42 heavy (non-hydrogen) atoms. The highest BCUT2D eigenvalue weighted by Crippen LogP contribution is 2.27. The highest BCUT2D eigenvalue weighted by atomic mass is 32.2. The molecule has 0 radical (unpaired) electrons. The van der Waals surface area contributed by atoms with E-state index < -0.39 is 10.0 Å². The third kappa shape index (κ3) is 6.89. The lowest BCUT2D eigenvalue weighted by molar-refractivity contribution is 0.0673. The number of hydrogen-bond acceptors (Lipinski definition) is 7. The van der Waals surface area contributed by atoms with Gasteiger partial charge >= 0.3 is 6.09 Å². The molecule has 9 nitrogen and oxygen atoms in total. The van der Waals surface area contributed by atoms with Crippen molar-refractivity contribution in [1.82, 2.24) is 19.1 Å². The number of nitrogens with zero attached hydrogens (tertiary/aromatic N) is 4. The molecular formula is C32H36N4O5S. The number of benzene rings is 3. The topological polar surface area (TPSA) is 92.3 Å². The summed E-state index contributed by atoms with van der Waals surface area (Å²) in [6, 6.07) is 24.0. The molecule has 1 aliphatic heterocycles. The van der Waals surface area contributed by atoms with Crippen LogP contribution < -0.4 is 4.74 Å². The molecule has 1 fully saturated rings. The van der Waals surface area contributed by atoms with Crippen LogP contribution in [0.1, 0.15) is 11.1 Å². The molecule has 0 N–H and O–H groups in total. The first-order chi connectivity index (χ1) is 20.3. The van der Waals surface area contributed by atoms with E-state index >= 15 is 0 Å². The van der Waals surface area contributed by atoms with E-state index in [0.29, 0.717) is 44.5 Å². The highest BCUT2D eigenvalue weighted by molar-refractivity contribution is 7.89. The van der Waals surface area contributed by atoms with Crippen molar-refractivity contribution in [3.63, 3.8) is 0 Å². The summed E-state index contributed by atoms with van der Waals surface area (Å²) in [6.45, 7) is 3.00. The molecule has 0 aliphatic carbocycles. The van der Waals surface area contributed by atoms with Gasteiger partial charge in [0.15, 0.2) is 0 Å². The number of aromatic nitrogens is 1. The lowest BCUT2D eigenvalue weighted by Crippen LogP contribution is -2.53. The maximum absolute atomic E-state index is 14.0. The molecule has 2 heterocycles. The van der Waals surface area contributed by atoms with E-state index in [4.69, 9.17) is 9.47 Å². The highest BCUT2D eigenvalue weighted by Gasteiger charge is 2.32. The third-order valence-electron chi connectivity index (χ3n) is 7.75. The number of likely N-dealkylation sites (N-methyl/N-ethyl adjacent to an activating group) is 1. The van der Waals surface area contributed by atoms with Crippen LogP contribution in [-0.2, 0) is 27.8 Å². The second kappa shape index (κ2) is 13.3. The Hall–Kier alpha value is -3.99. The summed E-state index contributed by atoms with van der Waals surface area (Å²) in [5.74, 6) is 0.746. The molecule has 1 unspecified atom stereocenters. The maximum atomic E-state index is 14.0. The van der Waals surface area contributed by atoms with Crippen LogP contribution in [0.25, 0.3) is 10.8 Å². The standard InChI is InChI=1S/C32H36N4O5S/c1-34(42(38,39)31-10-6-9-27-22-33-16-15-30(27)31)28(21-25-11-13-29(40-2)14-12-25)23-35-17-19-36(20-18-35)32(37)41-24-26-7-4-3-5-8-26/h3-16,22,28H,17-21,23-24H2,1-2H3. The predicted molar refractivity (Wildman–Crippen MR) is 162 cm³/mol. The smallest absolute Gasteiger partial charge is 0.410 e. The molecule has 1 aromatic heterocycles. The van der Waals surface area contributed by atoms with Crippen molar-refractivity contribution in [3.05, 3.63) is 102 Å². The summed E-state index contributed by atoms with van der Waals surface area (Å²) in [7, 11) is -0.563. The van der Waals surface area contributed by atoms with Gasteiger partial charge in [0.1, 0.15) is 12.4 Å². The second-order valence-electron chi connectivity index (χ2n) is 10.4. The number of hydrogen-bond donors (Lipinski definition) is 0. The van der Waals surface area contributed by atoms with Crippen molar-refractivity contribution in [1.29, 1.82) is 0 Å². The van der Waals surface area contributed by atoms with Gasteiger partial charge in [0.05, 0.1) is 12.0 Å². The Morgan fingerprint density at radius 3 is 2.38 bits per heavy atom. The van der Waals surface area contributed by atoms with Crippen molar-refractivity contribution >= 4 is 26.9 Å². The lowest BCUT2D eigenvalue weighted by Gasteiger charge is -2.38. The molecule has 1 amide bonds. The molecule has 10 heteroatoms. The van der Waals surface area contributed by atoms with Crippen LogP contribution in [0.3, 0.4) is 0 Å². The van der Waals surface area contributed by atoms with E-state index in [2.05, 4.69) is 9.88 Å². The van der Waals surface area contributed by atoms with Gasteiger partial charge in [-0.3, -0.25) is 9.88 Å². The van der Waals surface area contributed by atoms with E-state index in [1.807, 2.05) is 60.7 Å². The van der Waals surface area contributed by atoms with Gasteiger partial charge in [0.25, 0.3) is 0 Å². The molecule has 5 rings (SSSR count). The first kappa shape index (κ1) is 29.5. The zero-order valence-corrected chi connectivity index (χ0v) is 24.7. The number of sulfonamides is 1. The Kier molecular flexibility index (Phi) is 9.36. The monoisotopic (exact) mass is 588 g/mol. The Labute approximate surface area is 247 Å². The Bertz CT molecular complexity index is 1590. The largest absolute Gasteiger partial charge is 0.497 e. The van der Waals surface area contributed by atoms with Crippen LogP contribution in [0.4, 0.5) is 4.79 Å². The fourth-order valence-corrected chi connectivity index (χ4v) is 6.79. The van der Waals surface area contributed by atoms with Gasteiger partial charge in [-0.1, -0.05) is 54.6 Å². The number of amides is 1. The molecule has 0 spiro atoms. The minimum Gasteiger partial charge on any atom is -0.497 e. The Morgan fingerprint density at radius 1 is 0.929 bits per heavy atom. The molecule has 4 aromatic rings. The van der Waals surface area contributed by atoms with Gasteiger partial charge in [0.2, 0.25) is 10.0 Å². The SMILES string of the molecule is COc1ccc(CC(CN2CCN(C(=O)OCc3ccccc3)CC2)N(C)S(=O)(=O)c2cccc3cnccc23)cc1. The van der Waals surface area contributed by atoms with Crippen molar-refractivity contribution in [2.24, 2.45) is 0 Å². The van der Waals surface area contributed by atoms with Gasteiger partial charge in [0, 0.05) is 69.0 Å². The molecule has 3 aromatic carbocycles. The van der Waals surface area contributed by atoms with Gasteiger partial charge in [-0.2, -0.15) is 4.31 Å². The van der Waals surface area contributed by atoms with E-state index in [-0.39, 0.29) is 23.6 Å². The molecule has 220 valence electrons. The second-order valence-corrected chi connectivity index (χ2v) is 12.4.